The molecule has 0 fully saturated rings. The first kappa shape index (κ1) is 11.8. The summed E-state index contributed by atoms with van der Waals surface area (Å²) in [6, 6.07) is 5.50. The highest BCUT2D eigenvalue weighted by atomic mass is 79.9. The molecule has 0 spiro atoms. The SMILES string of the molecule is CCNC(=S)Nc1cc(Cl)ccc1Br. The van der Waals surface area contributed by atoms with Crippen LogP contribution in [0.15, 0.2) is 22.7 Å². The molecule has 0 aliphatic heterocycles. The van der Waals surface area contributed by atoms with Gasteiger partial charge in [0.25, 0.3) is 0 Å². The maximum atomic E-state index is 5.85. The highest BCUT2D eigenvalue weighted by Gasteiger charge is 2.01. The topological polar surface area (TPSA) is 24.1 Å². The summed E-state index contributed by atoms with van der Waals surface area (Å²) in [5.74, 6) is 0. The normalized spacial score (nSPS) is 9.64. The number of halogens is 2. The molecule has 14 heavy (non-hydrogen) atoms. The van der Waals surface area contributed by atoms with Crippen molar-refractivity contribution in [1.82, 2.24) is 5.32 Å². The monoisotopic (exact) mass is 292 g/mol. The first-order chi connectivity index (χ1) is 6.63. The minimum atomic E-state index is 0.593. The summed E-state index contributed by atoms with van der Waals surface area (Å²) in [6.45, 7) is 2.78. The van der Waals surface area contributed by atoms with Crippen LogP contribution in [0.5, 0.6) is 0 Å². The van der Waals surface area contributed by atoms with E-state index in [0.29, 0.717) is 10.1 Å². The van der Waals surface area contributed by atoms with Gasteiger partial charge in [-0.15, -0.1) is 0 Å². The molecule has 0 atom stereocenters. The Morgan fingerprint density at radius 2 is 2.29 bits per heavy atom. The number of rotatable bonds is 2. The molecule has 0 amide bonds. The van der Waals surface area contributed by atoms with Crippen molar-refractivity contribution < 1.29 is 0 Å². The lowest BCUT2D eigenvalue weighted by atomic mass is 10.3. The molecule has 1 aromatic carbocycles. The fourth-order valence-corrected chi connectivity index (χ4v) is 1.69. The molecule has 0 bridgehead atoms. The minimum Gasteiger partial charge on any atom is -0.363 e. The highest BCUT2D eigenvalue weighted by Crippen LogP contribution is 2.25. The summed E-state index contributed by atoms with van der Waals surface area (Å²) in [4.78, 5) is 0. The van der Waals surface area contributed by atoms with E-state index in [1.807, 2.05) is 25.1 Å². The summed E-state index contributed by atoms with van der Waals surface area (Å²) >= 11 is 14.3. The van der Waals surface area contributed by atoms with Gasteiger partial charge in [-0.05, 0) is 53.3 Å². The van der Waals surface area contributed by atoms with E-state index in [1.54, 1.807) is 0 Å². The van der Waals surface area contributed by atoms with Crippen molar-refractivity contribution in [2.75, 3.05) is 11.9 Å². The second-order valence-corrected chi connectivity index (χ2v) is 4.31. The van der Waals surface area contributed by atoms with Crippen molar-refractivity contribution >= 4 is 50.5 Å². The van der Waals surface area contributed by atoms with Gasteiger partial charge in [-0.25, -0.2) is 0 Å². The standard InChI is InChI=1S/C9H10BrClN2S/c1-2-12-9(14)13-8-5-6(11)3-4-7(8)10/h3-5H,2H2,1H3,(H2,12,13,14). The molecular formula is C9H10BrClN2S. The number of benzene rings is 1. The zero-order valence-corrected chi connectivity index (χ0v) is 10.8. The molecular weight excluding hydrogens is 284 g/mol. The van der Waals surface area contributed by atoms with Crippen LogP contribution in [0.4, 0.5) is 5.69 Å². The third-order valence-electron chi connectivity index (χ3n) is 1.51. The number of hydrogen-bond acceptors (Lipinski definition) is 1. The summed E-state index contributed by atoms with van der Waals surface area (Å²) in [5, 5.41) is 7.31. The van der Waals surface area contributed by atoms with Crippen molar-refractivity contribution in [3.05, 3.63) is 27.7 Å². The molecule has 0 unspecified atom stereocenters. The van der Waals surface area contributed by atoms with Gasteiger partial charge in [-0.3, -0.25) is 0 Å². The lowest BCUT2D eigenvalue weighted by Gasteiger charge is -2.10. The molecule has 5 heteroatoms. The summed E-state index contributed by atoms with van der Waals surface area (Å²) in [7, 11) is 0. The molecule has 0 aliphatic carbocycles. The van der Waals surface area contributed by atoms with Crippen molar-refractivity contribution in [3.8, 4) is 0 Å². The van der Waals surface area contributed by atoms with Gasteiger partial charge in [0.15, 0.2) is 5.11 Å². The van der Waals surface area contributed by atoms with Crippen LogP contribution < -0.4 is 10.6 Å². The van der Waals surface area contributed by atoms with Gasteiger partial charge >= 0.3 is 0 Å². The van der Waals surface area contributed by atoms with Gasteiger partial charge in [0, 0.05) is 16.0 Å². The molecule has 0 heterocycles. The Bertz CT molecular complexity index is 344. The first-order valence-electron chi connectivity index (χ1n) is 4.13. The molecule has 0 aliphatic rings. The van der Waals surface area contributed by atoms with Gasteiger partial charge in [0.05, 0.1) is 5.69 Å². The number of hydrogen-bond donors (Lipinski definition) is 2. The Kier molecular flexibility index (Phi) is 4.65. The Hall–Kier alpha value is -0.320. The zero-order chi connectivity index (χ0) is 10.6. The molecule has 2 nitrogen and oxygen atoms in total. The quantitative estimate of drug-likeness (QED) is 0.817. The molecule has 1 aromatic rings. The summed E-state index contributed by atoms with van der Waals surface area (Å²) < 4.78 is 0.933. The van der Waals surface area contributed by atoms with Crippen molar-refractivity contribution in [1.29, 1.82) is 0 Å². The molecule has 0 aromatic heterocycles. The van der Waals surface area contributed by atoms with Crippen LogP contribution in [0.3, 0.4) is 0 Å². The van der Waals surface area contributed by atoms with E-state index < -0.39 is 0 Å². The van der Waals surface area contributed by atoms with Crippen molar-refractivity contribution in [2.24, 2.45) is 0 Å². The smallest absolute Gasteiger partial charge is 0.170 e. The first-order valence-corrected chi connectivity index (χ1v) is 5.71. The maximum absolute atomic E-state index is 5.85. The molecule has 0 saturated heterocycles. The molecule has 1 rings (SSSR count). The predicted octanol–water partition coefficient (Wildman–Crippen LogP) is 3.41. The summed E-state index contributed by atoms with van der Waals surface area (Å²) in [5.41, 5.74) is 0.864. The van der Waals surface area contributed by atoms with Gasteiger partial charge in [0.2, 0.25) is 0 Å². The molecule has 76 valence electrons. The van der Waals surface area contributed by atoms with E-state index in [0.717, 1.165) is 16.7 Å². The molecule has 0 radical (unpaired) electrons. The van der Waals surface area contributed by atoms with Gasteiger partial charge in [-0.1, -0.05) is 11.6 Å². The van der Waals surface area contributed by atoms with Crippen LogP contribution in [-0.4, -0.2) is 11.7 Å². The van der Waals surface area contributed by atoms with Gasteiger partial charge in [0.1, 0.15) is 0 Å². The van der Waals surface area contributed by atoms with Crippen LogP contribution in [0.2, 0.25) is 5.02 Å². The van der Waals surface area contributed by atoms with Crippen molar-refractivity contribution in [3.63, 3.8) is 0 Å². The number of anilines is 1. The van der Waals surface area contributed by atoms with Crippen LogP contribution in [0.25, 0.3) is 0 Å². The Morgan fingerprint density at radius 3 is 2.93 bits per heavy atom. The lowest BCUT2D eigenvalue weighted by Crippen LogP contribution is -2.28. The van der Waals surface area contributed by atoms with Crippen LogP contribution in [0, 0.1) is 0 Å². The average molecular weight is 294 g/mol. The number of nitrogens with one attached hydrogen (secondary N) is 2. The Morgan fingerprint density at radius 1 is 1.57 bits per heavy atom. The lowest BCUT2D eigenvalue weighted by molar-refractivity contribution is 0.979. The third-order valence-corrected chi connectivity index (χ3v) is 2.69. The predicted molar refractivity (Wildman–Crippen MR) is 69.0 cm³/mol. The fraction of sp³-hybridized carbons (Fsp3) is 0.222. The van der Waals surface area contributed by atoms with E-state index in [1.165, 1.54) is 0 Å². The maximum Gasteiger partial charge on any atom is 0.170 e. The van der Waals surface area contributed by atoms with Crippen LogP contribution in [-0.2, 0) is 0 Å². The minimum absolute atomic E-state index is 0.593. The molecule has 2 N–H and O–H groups in total. The number of thiocarbonyl (C=S) groups is 1. The van der Waals surface area contributed by atoms with Gasteiger partial charge < -0.3 is 10.6 Å². The van der Waals surface area contributed by atoms with Crippen LogP contribution >= 0.6 is 39.7 Å². The van der Waals surface area contributed by atoms with Gasteiger partial charge in [-0.2, -0.15) is 0 Å². The van der Waals surface area contributed by atoms with E-state index >= 15 is 0 Å². The second-order valence-electron chi connectivity index (χ2n) is 2.61. The van der Waals surface area contributed by atoms with Crippen molar-refractivity contribution in [2.45, 2.75) is 6.92 Å². The van der Waals surface area contributed by atoms with E-state index in [4.69, 9.17) is 23.8 Å². The van der Waals surface area contributed by atoms with E-state index in [-0.39, 0.29) is 0 Å². The average Bonchev–Trinajstić information content (AvgIpc) is 2.12. The third kappa shape index (κ3) is 3.44. The summed E-state index contributed by atoms with van der Waals surface area (Å²) in [6.07, 6.45) is 0. The Balaban J connectivity index is 2.75. The zero-order valence-electron chi connectivity index (χ0n) is 7.60. The second kappa shape index (κ2) is 5.53. The fourth-order valence-electron chi connectivity index (χ4n) is 0.920. The largest absolute Gasteiger partial charge is 0.363 e. The highest BCUT2D eigenvalue weighted by molar-refractivity contribution is 9.10. The van der Waals surface area contributed by atoms with E-state index in [9.17, 15) is 0 Å². The Labute approximate surface area is 102 Å². The molecule has 0 saturated carbocycles. The van der Waals surface area contributed by atoms with E-state index in [2.05, 4.69) is 26.6 Å². The van der Waals surface area contributed by atoms with Crippen LogP contribution in [0.1, 0.15) is 6.92 Å².